The van der Waals surface area contributed by atoms with Crippen LogP contribution in [0.3, 0.4) is 0 Å². The first-order valence-electron chi connectivity index (χ1n) is 6.16. The van der Waals surface area contributed by atoms with Gasteiger partial charge in [0.05, 0.1) is 12.1 Å². The molecule has 1 amide bonds. The fourth-order valence-corrected chi connectivity index (χ4v) is 2.17. The van der Waals surface area contributed by atoms with E-state index in [1.165, 1.54) is 6.33 Å². The summed E-state index contributed by atoms with van der Waals surface area (Å²) < 4.78 is 0. The Morgan fingerprint density at radius 3 is 2.95 bits per heavy atom. The number of carbonyl (C=O) groups excluding carboxylic acids is 1. The summed E-state index contributed by atoms with van der Waals surface area (Å²) in [5.41, 5.74) is 0.765. The van der Waals surface area contributed by atoms with Crippen LogP contribution in [0, 0.1) is 0 Å². The SMILES string of the molecule is O=C(CNc1ncnc2cc(Cl)ccc12)N1CCC1. The summed E-state index contributed by atoms with van der Waals surface area (Å²) >= 11 is 5.92. The number of hydrogen-bond acceptors (Lipinski definition) is 4. The lowest BCUT2D eigenvalue weighted by Crippen LogP contribution is -2.44. The van der Waals surface area contributed by atoms with Gasteiger partial charge in [-0.2, -0.15) is 0 Å². The molecule has 6 heteroatoms. The van der Waals surface area contributed by atoms with Gasteiger partial charge in [0.2, 0.25) is 5.91 Å². The summed E-state index contributed by atoms with van der Waals surface area (Å²) in [7, 11) is 0. The van der Waals surface area contributed by atoms with E-state index in [9.17, 15) is 4.79 Å². The first-order valence-corrected chi connectivity index (χ1v) is 6.54. The Labute approximate surface area is 115 Å². The number of hydrogen-bond donors (Lipinski definition) is 1. The van der Waals surface area contributed by atoms with E-state index >= 15 is 0 Å². The van der Waals surface area contributed by atoms with Gasteiger partial charge in [0.1, 0.15) is 12.1 Å². The fourth-order valence-electron chi connectivity index (χ4n) is 2.01. The van der Waals surface area contributed by atoms with Crippen molar-refractivity contribution in [3.63, 3.8) is 0 Å². The number of rotatable bonds is 3. The highest BCUT2D eigenvalue weighted by atomic mass is 35.5. The summed E-state index contributed by atoms with van der Waals surface area (Å²) in [5.74, 6) is 0.766. The fraction of sp³-hybridized carbons (Fsp3) is 0.308. The molecule has 0 aliphatic carbocycles. The molecule has 0 unspecified atom stereocenters. The number of fused-ring (bicyclic) bond motifs is 1. The Hall–Kier alpha value is -1.88. The lowest BCUT2D eigenvalue weighted by Gasteiger charge is -2.30. The summed E-state index contributed by atoms with van der Waals surface area (Å²) in [6, 6.07) is 5.42. The summed E-state index contributed by atoms with van der Waals surface area (Å²) in [6.45, 7) is 1.98. The predicted octanol–water partition coefficient (Wildman–Crippen LogP) is 1.93. The number of likely N-dealkylation sites (tertiary alicyclic amines) is 1. The van der Waals surface area contributed by atoms with E-state index in [1.54, 1.807) is 12.1 Å². The first kappa shape index (κ1) is 12.2. The van der Waals surface area contributed by atoms with Gasteiger partial charge >= 0.3 is 0 Å². The molecule has 0 spiro atoms. The second-order valence-electron chi connectivity index (χ2n) is 4.47. The van der Waals surface area contributed by atoms with E-state index in [2.05, 4.69) is 15.3 Å². The highest BCUT2D eigenvalue weighted by molar-refractivity contribution is 6.31. The van der Waals surface area contributed by atoms with Crippen LogP contribution < -0.4 is 5.32 Å². The number of nitrogens with zero attached hydrogens (tertiary/aromatic N) is 3. The van der Waals surface area contributed by atoms with Gasteiger partial charge in [0, 0.05) is 23.5 Å². The number of carbonyl (C=O) groups is 1. The van der Waals surface area contributed by atoms with Gasteiger partial charge in [-0.15, -0.1) is 0 Å². The van der Waals surface area contributed by atoms with Crippen LogP contribution in [0.15, 0.2) is 24.5 Å². The molecule has 0 saturated carbocycles. The molecular weight excluding hydrogens is 264 g/mol. The van der Waals surface area contributed by atoms with Crippen LogP contribution in [0.5, 0.6) is 0 Å². The summed E-state index contributed by atoms with van der Waals surface area (Å²) in [4.78, 5) is 22.0. The Bertz CT molecular complexity index is 627. The molecule has 19 heavy (non-hydrogen) atoms. The van der Waals surface area contributed by atoms with Crippen molar-refractivity contribution >= 4 is 34.2 Å². The van der Waals surface area contributed by atoms with Gasteiger partial charge in [-0.3, -0.25) is 4.79 Å². The lowest BCUT2D eigenvalue weighted by atomic mass is 10.2. The van der Waals surface area contributed by atoms with Crippen LogP contribution in [-0.4, -0.2) is 40.4 Å². The minimum atomic E-state index is 0.104. The number of halogens is 1. The number of aromatic nitrogens is 2. The maximum absolute atomic E-state index is 11.8. The molecule has 0 atom stereocenters. The van der Waals surface area contributed by atoms with E-state index in [1.807, 2.05) is 11.0 Å². The number of nitrogens with one attached hydrogen (secondary N) is 1. The van der Waals surface area contributed by atoms with E-state index in [0.29, 0.717) is 10.8 Å². The highest BCUT2D eigenvalue weighted by Crippen LogP contribution is 2.22. The lowest BCUT2D eigenvalue weighted by molar-refractivity contribution is -0.132. The van der Waals surface area contributed by atoms with Crippen molar-refractivity contribution in [3.8, 4) is 0 Å². The summed E-state index contributed by atoms with van der Waals surface area (Å²) in [5, 5.41) is 4.57. The molecule has 3 rings (SSSR count). The number of anilines is 1. The van der Waals surface area contributed by atoms with Gasteiger partial charge in [-0.1, -0.05) is 11.6 Å². The Kier molecular flexibility index (Phi) is 3.21. The van der Waals surface area contributed by atoms with E-state index < -0.39 is 0 Å². The largest absolute Gasteiger partial charge is 0.360 e. The zero-order valence-electron chi connectivity index (χ0n) is 10.3. The number of benzene rings is 1. The molecule has 0 radical (unpaired) electrons. The zero-order valence-corrected chi connectivity index (χ0v) is 11.0. The summed E-state index contributed by atoms with van der Waals surface area (Å²) in [6.07, 6.45) is 2.57. The molecule has 2 aromatic rings. The Balaban J connectivity index is 1.78. The van der Waals surface area contributed by atoms with E-state index in [0.717, 1.165) is 30.4 Å². The average molecular weight is 277 g/mol. The molecule has 98 valence electrons. The molecular formula is C13H13ClN4O. The maximum Gasteiger partial charge on any atom is 0.241 e. The van der Waals surface area contributed by atoms with Crippen molar-refractivity contribution in [2.24, 2.45) is 0 Å². The number of amides is 1. The smallest absolute Gasteiger partial charge is 0.241 e. The van der Waals surface area contributed by atoms with Crippen molar-refractivity contribution in [1.82, 2.24) is 14.9 Å². The van der Waals surface area contributed by atoms with Gasteiger partial charge in [0.15, 0.2) is 0 Å². The van der Waals surface area contributed by atoms with Crippen LogP contribution in [0.25, 0.3) is 10.9 Å². The second-order valence-corrected chi connectivity index (χ2v) is 4.91. The average Bonchev–Trinajstić information content (AvgIpc) is 2.33. The van der Waals surface area contributed by atoms with Crippen molar-refractivity contribution in [3.05, 3.63) is 29.5 Å². The molecule has 1 fully saturated rings. The zero-order chi connectivity index (χ0) is 13.2. The molecule has 1 aromatic carbocycles. The normalized spacial score (nSPS) is 14.3. The molecule has 1 saturated heterocycles. The van der Waals surface area contributed by atoms with Gasteiger partial charge < -0.3 is 10.2 Å². The molecule has 1 aliphatic heterocycles. The minimum Gasteiger partial charge on any atom is -0.360 e. The molecule has 2 heterocycles. The van der Waals surface area contributed by atoms with Gasteiger partial charge in [-0.05, 0) is 24.6 Å². The van der Waals surface area contributed by atoms with Crippen LogP contribution in [-0.2, 0) is 4.79 Å². The van der Waals surface area contributed by atoms with E-state index in [4.69, 9.17) is 11.6 Å². The van der Waals surface area contributed by atoms with Gasteiger partial charge in [-0.25, -0.2) is 9.97 Å². The standard InChI is InChI=1S/C13H13ClN4O/c14-9-2-3-10-11(6-9)16-8-17-13(10)15-7-12(19)18-4-1-5-18/h2-3,6,8H,1,4-5,7H2,(H,15,16,17). The third kappa shape index (κ3) is 2.46. The highest BCUT2D eigenvalue weighted by Gasteiger charge is 2.19. The Morgan fingerprint density at radius 1 is 1.37 bits per heavy atom. The third-order valence-electron chi connectivity index (χ3n) is 3.21. The minimum absolute atomic E-state index is 0.104. The van der Waals surface area contributed by atoms with Crippen molar-refractivity contribution in [2.75, 3.05) is 25.0 Å². The molecule has 0 bridgehead atoms. The van der Waals surface area contributed by atoms with Crippen molar-refractivity contribution < 1.29 is 4.79 Å². The molecule has 1 aromatic heterocycles. The quantitative estimate of drug-likeness (QED) is 0.931. The Morgan fingerprint density at radius 2 is 2.21 bits per heavy atom. The van der Waals surface area contributed by atoms with Crippen LogP contribution in [0.4, 0.5) is 5.82 Å². The molecule has 1 aliphatic rings. The van der Waals surface area contributed by atoms with Crippen LogP contribution in [0.1, 0.15) is 6.42 Å². The molecule has 5 nitrogen and oxygen atoms in total. The maximum atomic E-state index is 11.8. The topological polar surface area (TPSA) is 58.1 Å². The predicted molar refractivity (Wildman–Crippen MR) is 74.2 cm³/mol. The van der Waals surface area contributed by atoms with Gasteiger partial charge in [0.25, 0.3) is 0 Å². The van der Waals surface area contributed by atoms with Crippen molar-refractivity contribution in [1.29, 1.82) is 0 Å². The van der Waals surface area contributed by atoms with Crippen molar-refractivity contribution in [2.45, 2.75) is 6.42 Å². The van der Waals surface area contributed by atoms with E-state index in [-0.39, 0.29) is 12.5 Å². The van der Waals surface area contributed by atoms with Crippen LogP contribution >= 0.6 is 11.6 Å². The van der Waals surface area contributed by atoms with Crippen LogP contribution in [0.2, 0.25) is 5.02 Å². The second kappa shape index (κ2) is 5.01. The third-order valence-corrected chi connectivity index (χ3v) is 3.45. The molecule has 1 N–H and O–H groups in total. The monoisotopic (exact) mass is 276 g/mol. The first-order chi connectivity index (χ1) is 9.24.